The van der Waals surface area contributed by atoms with E-state index in [4.69, 9.17) is 14.9 Å². The van der Waals surface area contributed by atoms with Crippen molar-refractivity contribution in [3.05, 3.63) is 71.3 Å². The Morgan fingerprint density at radius 3 is 2.44 bits per heavy atom. The van der Waals surface area contributed by atoms with Crippen LogP contribution in [0.1, 0.15) is 25.7 Å². The van der Waals surface area contributed by atoms with E-state index >= 15 is 0 Å². The minimum atomic E-state index is -0.937. The maximum atomic E-state index is 12.9. The first-order valence-corrected chi connectivity index (χ1v) is 11.0. The molecule has 0 amide bonds. The molecule has 2 aromatic heterocycles. The summed E-state index contributed by atoms with van der Waals surface area (Å²) in [5, 5.41) is 13.5. The highest BCUT2D eigenvalue weighted by molar-refractivity contribution is 5.79. The first-order valence-electron chi connectivity index (χ1n) is 11.0. The lowest BCUT2D eigenvalue weighted by Crippen LogP contribution is -2.29. The van der Waals surface area contributed by atoms with Crippen LogP contribution in [0.25, 0.3) is 22.4 Å². The number of aliphatic carboxylic acids is 1. The minimum absolute atomic E-state index is 0.115. The molecule has 7 nitrogen and oxygen atoms in total. The van der Waals surface area contributed by atoms with E-state index in [0.717, 1.165) is 48.1 Å². The minimum Gasteiger partial charge on any atom is -0.480 e. The summed E-state index contributed by atoms with van der Waals surface area (Å²) in [7, 11) is 0. The van der Waals surface area contributed by atoms with Gasteiger partial charge in [-0.3, -0.25) is 9.78 Å². The zero-order valence-corrected chi connectivity index (χ0v) is 17.9. The summed E-state index contributed by atoms with van der Waals surface area (Å²) >= 11 is 0. The molecule has 0 unspecified atom stereocenters. The number of hydrogen-bond acceptors (Lipinski definition) is 5. The van der Waals surface area contributed by atoms with E-state index in [2.05, 4.69) is 4.98 Å². The van der Waals surface area contributed by atoms with Crippen LogP contribution in [0.5, 0.6) is 0 Å². The van der Waals surface area contributed by atoms with Crippen molar-refractivity contribution in [1.82, 2.24) is 14.8 Å². The predicted molar refractivity (Wildman–Crippen MR) is 121 cm³/mol. The second-order valence-corrected chi connectivity index (χ2v) is 8.33. The van der Waals surface area contributed by atoms with E-state index in [1.807, 2.05) is 42.5 Å². The lowest BCUT2D eigenvalue weighted by molar-refractivity contribution is -0.142. The zero-order chi connectivity index (χ0) is 22.3. The SMILES string of the molecule is O=C(O)COC[C@H]1CC[C@@H](Cn2nc(-c3ccccc3)c(-c3cccnc3)cc2=O)CC1. The van der Waals surface area contributed by atoms with Gasteiger partial charge < -0.3 is 9.84 Å². The fourth-order valence-corrected chi connectivity index (χ4v) is 4.31. The number of ether oxygens (including phenoxy) is 1. The quantitative estimate of drug-likeness (QED) is 0.579. The van der Waals surface area contributed by atoms with E-state index in [1.54, 1.807) is 23.1 Å². The number of carbonyl (C=O) groups is 1. The third-order valence-electron chi connectivity index (χ3n) is 5.99. The van der Waals surface area contributed by atoms with E-state index < -0.39 is 5.97 Å². The molecule has 1 aliphatic carbocycles. The van der Waals surface area contributed by atoms with Gasteiger partial charge in [0.25, 0.3) is 5.56 Å². The molecule has 1 fully saturated rings. The number of carboxylic acids is 1. The summed E-state index contributed by atoms with van der Waals surface area (Å²) in [6.07, 6.45) is 7.35. The monoisotopic (exact) mass is 433 g/mol. The third kappa shape index (κ3) is 5.48. The summed E-state index contributed by atoms with van der Waals surface area (Å²) < 4.78 is 6.85. The molecule has 0 bridgehead atoms. The fraction of sp³-hybridized carbons (Fsp3) is 0.360. The highest BCUT2D eigenvalue weighted by atomic mass is 16.5. The van der Waals surface area contributed by atoms with Crippen LogP contribution < -0.4 is 5.56 Å². The van der Waals surface area contributed by atoms with Crippen molar-refractivity contribution in [3.63, 3.8) is 0 Å². The first kappa shape index (κ1) is 21.9. The highest BCUT2D eigenvalue weighted by Crippen LogP contribution is 2.31. The van der Waals surface area contributed by atoms with Crippen LogP contribution in [0.15, 0.2) is 65.7 Å². The molecule has 0 aliphatic heterocycles. The summed E-state index contributed by atoms with van der Waals surface area (Å²) in [4.78, 5) is 27.7. The largest absolute Gasteiger partial charge is 0.480 e. The molecular formula is C25H27N3O4. The van der Waals surface area contributed by atoms with E-state index in [0.29, 0.717) is 25.0 Å². The van der Waals surface area contributed by atoms with Crippen LogP contribution in [0.4, 0.5) is 0 Å². The second-order valence-electron chi connectivity index (χ2n) is 8.33. The molecular weight excluding hydrogens is 406 g/mol. The Kier molecular flexibility index (Phi) is 7.07. The molecule has 2 heterocycles. The lowest BCUT2D eigenvalue weighted by Gasteiger charge is -2.28. The Morgan fingerprint density at radius 2 is 1.75 bits per heavy atom. The maximum Gasteiger partial charge on any atom is 0.329 e. The van der Waals surface area contributed by atoms with E-state index in [-0.39, 0.29) is 12.2 Å². The second kappa shape index (κ2) is 10.3. The van der Waals surface area contributed by atoms with Gasteiger partial charge in [0.2, 0.25) is 0 Å². The summed E-state index contributed by atoms with van der Waals surface area (Å²) in [6.45, 7) is 0.814. The van der Waals surface area contributed by atoms with E-state index in [1.165, 1.54) is 0 Å². The van der Waals surface area contributed by atoms with Gasteiger partial charge in [0.1, 0.15) is 6.61 Å². The Balaban J connectivity index is 1.52. The summed E-state index contributed by atoms with van der Waals surface area (Å²) in [5.74, 6) is -0.194. The van der Waals surface area contributed by atoms with Gasteiger partial charge in [-0.25, -0.2) is 9.48 Å². The van der Waals surface area contributed by atoms with Gasteiger partial charge in [-0.2, -0.15) is 5.10 Å². The smallest absolute Gasteiger partial charge is 0.329 e. The van der Waals surface area contributed by atoms with Gasteiger partial charge >= 0.3 is 5.97 Å². The fourth-order valence-electron chi connectivity index (χ4n) is 4.31. The number of carboxylic acid groups (broad SMARTS) is 1. The van der Waals surface area contributed by atoms with Gasteiger partial charge in [0.15, 0.2) is 0 Å². The topological polar surface area (TPSA) is 94.3 Å². The van der Waals surface area contributed by atoms with Gasteiger partial charge in [0, 0.05) is 41.7 Å². The maximum absolute atomic E-state index is 12.9. The van der Waals surface area contributed by atoms with Crippen molar-refractivity contribution in [2.45, 2.75) is 32.2 Å². The van der Waals surface area contributed by atoms with Crippen LogP contribution >= 0.6 is 0 Å². The highest BCUT2D eigenvalue weighted by Gasteiger charge is 2.23. The molecule has 1 N–H and O–H groups in total. The van der Waals surface area contributed by atoms with Crippen LogP contribution in [-0.2, 0) is 16.1 Å². The van der Waals surface area contributed by atoms with Crippen LogP contribution in [-0.4, -0.2) is 39.1 Å². The molecule has 1 aromatic carbocycles. The van der Waals surface area contributed by atoms with Gasteiger partial charge in [-0.15, -0.1) is 0 Å². The number of nitrogens with zero attached hydrogens (tertiary/aromatic N) is 3. The van der Waals surface area contributed by atoms with Gasteiger partial charge in [-0.1, -0.05) is 36.4 Å². The Morgan fingerprint density at radius 1 is 1.03 bits per heavy atom. The molecule has 4 rings (SSSR count). The summed E-state index contributed by atoms with van der Waals surface area (Å²) in [6, 6.07) is 15.3. The van der Waals surface area contributed by atoms with Crippen molar-refractivity contribution in [3.8, 4) is 22.4 Å². The van der Waals surface area contributed by atoms with Crippen molar-refractivity contribution < 1.29 is 14.6 Å². The molecule has 0 spiro atoms. The third-order valence-corrected chi connectivity index (χ3v) is 5.99. The van der Waals surface area contributed by atoms with Crippen LogP contribution in [0, 0.1) is 11.8 Å². The summed E-state index contributed by atoms with van der Waals surface area (Å²) in [5.41, 5.74) is 3.26. The first-order chi connectivity index (χ1) is 15.6. The normalized spacial score (nSPS) is 18.4. The van der Waals surface area contributed by atoms with Crippen LogP contribution in [0.2, 0.25) is 0 Å². The van der Waals surface area contributed by atoms with Crippen molar-refractivity contribution in [1.29, 1.82) is 0 Å². The molecule has 32 heavy (non-hydrogen) atoms. The number of rotatable bonds is 8. The zero-order valence-electron chi connectivity index (χ0n) is 17.9. The molecule has 1 aliphatic rings. The molecule has 3 aromatic rings. The predicted octanol–water partition coefficient (Wildman–Crippen LogP) is 3.88. The number of aromatic nitrogens is 3. The Hall–Kier alpha value is -3.32. The number of benzene rings is 1. The van der Waals surface area contributed by atoms with Crippen molar-refractivity contribution in [2.24, 2.45) is 11.8 Å². The van der Waals surface area contributed by atoms with Crippen molar-refractivity contribution >= 4 is 5.97 Å². The number of pyridine rings is 1. The van der Waals surface area contributed by atoms with Gasteiger partial charge in [0.05, 0.1) is 12.3 Å². The van der Waals surface area contributed by atoms with E-state index in [9.17, 15) is 9.59 Å². The molecule has 7 heteroatoms. The Labute approximate surface area is 186 Å². The van der Waals surface area contributed by atoms with Crippen molar-refractivity contribution in [2.75, 3.05) is 13.2 Å². The van der Waals surface area contributed by atoms with Gasteiger partial charge in [-0.05, 0) is 43.6 Å². The average Bonchev–Trinajstić information content (AvgIpc) is 2.82. The molecule has 166 valence electrons. The average molecular weight is 434 g/mol. The number of hydrogen-bond donors (Lipinski definition) is 1. The molecule has 0 atom stereocenters. The lowest BCUT2D eigenvalue weighted by atomic mass is 9.82. The standard InChI is InChI=1S/C25H27N3O4/c29-23-13-22(21-7-4-12-26-14-21)25(20-5-2-1-3-6-20)27-28(23)15-18-8-10-19(11-9-18)16-32-17-24(30)31/h1-7,12-14,18-19H,8-11,15-17H2,(H,30,31)/t18-,19+. The molecule has 0 radical (unpaired) electrons. The molecule has 1 saturated carbocycles. The van der Waals surface area contributed by atoms with Crippen LogP contribution in [0.3, 0.4) is 0 Å². The molecule has 0 saturated heterocycles. The Bertz CT molecular complexity index is 1090.